The van der Waals surface area contributed by atoms with Crippen molar-refractivity contribution < 1.29 is 19.0 Å². The molecule has 5 heteroatoms. The van der Waals surface area contributed by atoms with Gasteiger partial charge >= 0.3 is 6.09 Å². The highest BCUT2D eigenvalue weighted by Crippen LogP contribution is 2.25. The van der Waals surface area contributed by atoms with Gasteiger partial charge in [-0.3, -0.25) is 0 Å². The van der Waals surface area contributed by atoms with Crippen molar-refractivity contribution in [1.82, 2.24) is 5.32 Å². The minimum Gasteiger partial charge on any atom is -0.444 e. The minimum atomic E-state index is -0.442. The maximum absolute atomic E-state index is 11.7. The van der Waals surface area contributed by atoms with Gasteiger partial charge in [0.25, 0.3) is 0 Å². The molecule has 2 fully saturated rings. The second kappa shape index (κ2) is 7.45. The summed E-state index contributed by atoms with van der Waals surface area (Å²) in [7, 11) is 0. The Balaban J connectivity index is 1.64. The minimum absolute atomic E-state index is 0.0147. The van der Waals surface area contributed by atoms with Crippen molar-refractivity contribution in [3.63, 3.8) is 0 Å². The van der Waals surface area contributed by atoms with Crippen LogP contribution in [-0.4, -0.2) is 36.7 Å². The van der Waals surface area contributed by atoms with E-state index < -0.39 is 5.60 Å². The van der Waals surface area contributed by atoms with Crippen LogP contribution in [-0.2, 0) is 14.2 Å². The van der Waals surface area contributed by atoms with Gasteiger partial charge in [-0.1, -0.05) is 0 Å². The van der Waals surface area contributed by atoms with Crippen molar-refractivity contribution in [1.29, 1.82) is 0 Å². The van der Waals surface area contributed by atoms with Crippen LogP contribution < -0.4 is 5.32 Å². The highest BCUT2D eigenvalue weighted by atomic mass is 16.7. The fourth-order valence-corrected chi connectivity index (χ4v) is 2.85. The third kappa shape index (κ3) is 6.22. The summed E-state index contributed by atoms with van der Waals surface area (Å²) >= 11 is 0. The Kier molecular flexibility index (Phi) is 5.88. The first-order valence-corrected chi connectivity index (χ1v) is 8.19. The molecule has 2 aliphatic rings. The van der Waals surface area contributed by atoms with Crippen molar-refractivity contribution in [2.75, 3.05) is 6.61 Å². The van der Waals surface area contributed by atoms with Gasteiger partial charge in [0.1, 0.15) is 5.60 Å². The molecule has 1 atom stereocenters. The van der Waals surface area contributed by atoms with Crippen LogP contribution in [0.25, 0.3) is 0 Å². The number of ether oxygens (including phenoxy) is 3. The molecule has 1 amide bonds. The van der Waals surface area contributed by atoms with Crippen molar-refractivity contribution in [3.05, 3.63) is 0 Å². The Morgan fingerprint density at radius 2 is 1.81 bits per heavy atom. The van der Waals surface area contributed by atoms with Gasteiger partial charge in [0.05, 0.1) is 6.10 Å². The molecule has 0 radical (unpaired) electrons. The molecule has 0 aromatic heterocycles. The fourth-order valence-electron chi connectivity index (χ4n) is 2.85. The molecule has 1 aliphatic carbocycles. The Morgan fingerprint density at radius 1 is 1.10 bits per heavy atom. The summed E-state index contributed by atoms with van der Waals surface area (Å²) in [6.45, 7) is 6.45. The van der Waals surface area contributed by atoms with Crippen molar-refractivity contribution >= 4 is 6.09 Å². The summed E-state index contributed by atoms with van der Waals surface area (Å²) in [6, 6.07) is 0.201. The molecule has 2 rings (SSSR count). The predicted molar refractivity (Wildman–Crippen MR) is 80.1 cm³/mol. The van der Waals surface area contributed by atoms with Crippen molar-refractivity contribution in [3.8, 4) is 0 Å². The van der Waals surface area contributed by atoms with Gasteiger partial charge in [0, 0.05) is 12.6 Å². The summed E-state index contributed by atoms with van der Waals surface area (Å²) in [5, 5.41) is 2.95. The van der Waals surface area contributed by atoms with E-state index in [1.54, 1.807) is 0 Å². The number of amides is 1. The summed E-state index contributed by atoms with van der Waals surface area (Å²) in [5.74, 6) is 0. The number of hydrogen-bond donors (Lipinski definition) is 1. The van der Waals surface area contributed by atoms with E-state index in [1.165, 1.54) is 6.42 Å². The Morgan fingerprint density at radius 3 is 2.38 bits per heavy atom. The van der Waals surface area contributed by atoms with E-state index in [4.69, 9.17) is 14.2 Å². The second-order valence-corrected chi connectivity index (χ2v) is 7.05. The monoisotopic (exact) mass is 299 g/mol. The van der Waals surface area contributed by atoms with Crippen molar-refractivity contribution in [2.24, 2.45) is 0 Å². The average molecular weight is 299 g/mol. The number of carbonyl (C=O) groups excluding carboxylic acids is 1. The molecule has 0 spiro atoms. The third-order valence-electron chi connectivity index (χ3n) is 3.88. The highest BCUT2D eigenvalue weighted by molar-refractivity contribution is 5.68. The normalized spacial score (nSPS) is 30.7. The SMILES string of the molecule is CC(C)(C)OC(=O)NC1CCC(O[C@H]2CCCCO2)CC1. The standard InChI is InChI=1S/C16H29NO4/c1-16(2,3)21-15(18)17-12-7-9-13(10-8-12)20-14-6-4-5-11-19-14/h12-14H,4-11H2,1-3H3,(H,17,18)/t12?,13?,14-/m0/s1. The molecule has 1 heterocycles. The Hall–Kier alpha value is -0.810. The van der Waals surface area contributed by atoms with E-state index in [0.29, 0.717) is 0 Å². The molecule has 1 N–H and O–H groups in total. The third-order valence-corrected chi connectivity index (χ3v) is 3.88. The van der Waals surface area contributed by atoms with Crippen LogP contribution in [0.4, 0.5) is 4.79 Å². The Bertz CT molecular complexity index is 326. The molecule has 5 nitrogen and oxygen atoms in total. The first kappa shape index (κ1) is 16.6. The summed E-state index contributed by atoms with van der Waals surface area (Å²) < 4.78 is 16.9. The zero-order chi connectivity index (χ0) is 15.3. The lowest BCUT2D eigenvalue weighted by Crippen LogP contribution is -2.42. The lowest BCUT2D eigenvalue weighted by molar-refractivity contribution is -0.193. The second-order valence-electron chi connectivity index (χ2n) is 7.05. The largest absolute Gasteiger partial charge is 0.444 e. The van der Waals surface area contributed by atoms with E-state index >= 15 is 0 Å². The molecular formula is C16H29NO4. The van der Waals surface area contributed by atoms with Crippen LogP contribution >= 0.6 is 0 Å². The topological polar surface area (TPSA) is 56.8 Å². The van der Waals surface area contributed by atoms with E-state index in [1.807, 2.05) is 20.8 Å². The van der Waals surface area contributed by atoms with Crippen molar-refractivity contribution in [2.45, 2.75) is 89.8 Å². The molecular weight excluding hydrogens is 270 g/mol. The Labute approximate surface area is 127 Å². The lowest BCUT2D eigenvalue weighted by atomic mass is 9.93. The van der Waals surface area contributed by atoms with Gasteiger partial charge in [-0.05, 0) is 65.7 Å². The maximum atomic E-state index is 11.7. The molecule has 122 valence electrons. The van der Waals surface area contributed by atoms with Crippen LogP contribution in [0.5, 0.6) is 0 Å². The maximum Gasteiger partial charge on any atom is 0.407 e. The van der Waals surface area contributed by atoms with E-state index in [2.05, 4.69) is 5.32 Å². The molecule has 0 aromatic carbocycles. The molecule has 1 saturated heterocycles. The van der Waals surface area contributed by atoms with Gasteiger partial charge < -0.3 is 19.5 Å². The fraction of sp³-hybridized carbons (Fsp3) is 0.938. The first-order chi connectivity index (χ1) is 9.92. The van der Waals surface area contributed by atoms with Crippen LogP contribution in [0, 0.1) is 0 Å². The van der Waals surface area contributed by atoms with E-state index in [0.717, 1.165) is 45.1 Å². The highest BCUT2D eigenvalue weighted by Gasteiger charge is 2.27. The molecule has 0 bridgehead atoms. The van der Waals surface area contributed by atoms with Gasteiger partial charge in [-0.25, -0.2) is 4.79 Å². The quantitative estimate of drug-likeness (QED) is 0.868. The van der Waals surface area contributed by atoms with Gasteiger partial charge in [0.15, 0.2) is 6.29 Å². The van der Waals surface area contributed by atoms with Crippen LogP contribution in [0.3, 0.4) is 0 Å². The lowest BCUT2D eigenvalue weighted by Gasteiger charge is -2.33. The smallest absolute Gasteiger partial charge is 0.407 e. The number of nitrogens with one attached hydrogen (secondary N) is 1. The molecule has 1 saturated carbocycles. The summed E-state index contributed by atoms with van der Waals surface area (Å²) in [5.41, 5.74) is -0.442. The first-order valence-electron chi connectivity index (χ1n) is 8.19. The van der Waals surface area contributed by atoms with Crippen LogP contribution in [0.1, 0.15) is 65.7 Å². The average Bonchev–Trinajstić information content (AvgIpc) is 2.40. The summed E-state index contributed by atoms with van der Waals surface area (Å²) in [4.78, 5) is 11.7. The van der Waals surface area contributed by atoms with Crippen LogP contribution in [0.2, 0.25) is 0 Å². The molecule has 1 aliphatic heterocycles. The predicted octanol–water partition coefficient (Wildman–Crippen LogP) is 3.37. The van der Waals surface area contributed by atoms with E-state index in [9.17, 15) is 4.79 Å². The number of rotatable bonds is 3. The number of carbonyl (C=O) groups is 1. The molecule has 21 heavy (non-hydrogen) atoms. The van der Waals surface area contributed by atoms with Gasteiger partial charge in [-0.15, -0.1) is 0 Å². The molecule has 0 aromatic rings. The zero-order valence-electron chi connectivity index (χ0n) is 13.5. The van der Waals surface area contributed by atoms with Crippen LogP contribution in [0.15, 0.2) is 0 Å². The van der Waals surface area contributed by atoms with Gasteiger partial charge in [-0.2, -0.15) is 0 Å². The van der Waals surface area contributed by atoms with E-state index in [-0.39, 0.29) is 24.5 Å². The number of hydrogen-bond acceptors (Lipinski definition) is 4. The number of alkyl carbamates (subject to hydrolysis) is 1. The zero-order valence-corrected chi connectivity index (χ0v) is 13.5. The molecule has 0 unspecified atom stereocenters. The summed E-state index contributed by atoms with van der Waals surface area (Å²) in [6.07, 6.45) is 7.11. The van der Waals surface area contributed by atoms with Gasteiger partial charge in [0.2, 0.25) is 0 Å².